The Morgan fingerprint density at radius 2 is 2.00 bits per heavy atom. The molecule has 11 nitrogen and oxygen atoms in total. The molecule has 0 spiro atoms. The number of hydrogen-bond donors (Lipinski definition) is 2. The third kappa shape index (κ3) is 5.30. The molecule has 36 heavy (non-hydrogen) atoms. The van der Waals surface area contributed by atoms with Crippen LogP contribution in [0, 0.1) is 12.7 Å². The first-order chi connectivity index (χ1) is 16.9. The van der Waals surface area contributed by atoms with E-state index in [2.05, 4.69) is 20.4 Å². The average molecular weight is 514 g/mol. The number of anilines is 1. The zero-order valence-corrected chi connectivity index (χ0v) is 19.6. The van der Waals surface area contributed by atoms with Gasteiger partial charge in [0.1, 0.15) is 12.2 Å². The number of aryl methyl sites for hydroxylation is 1. The number of amides is 1. The Balaban J connectivity index is 2.14. The average Bonchev–Trinajstić information content (AvgIpc) is 3.15. The number of ether oxygens (including phenoxy) is 2. The van der Waals surface area contributed by atoms with Gasteiger partial charge in [-0.25, -0.2) is 14.2 Å². The third-order valence-electron chi connectivity index (χ3n) is 5.05. The number of carbonyl (C=O) groups excluding carboxylic acids is 1. The molecule has 1 atom stereocenters. The van der Waals surface area contributed by atoms with Crippen molar-refractivity contribution >= 4 is 11.6 Å². The van der Waals surface area contributed by atoms with Gasteiger partial charge in [-0.3, -0.25) is 9.36 Å². The lowest BCUT2D eigenvalue weighted by Crippen LogP contribution is -2.33. The van der Waals surface area contributed by atoms with E-state index in [9.17, 15) is 27.9 Å². The van der Waals surface area contributed by atoms with Crippen molar-refractivity contribution in [1.82, 2.24) is 24.3 Å². The Morgan fingerprint density at radius 1 is 1.31 bits per heavy atom. The van der Waals surface area contributed by atoms with E-state index in [0.717, 1.165) is 4.57 Å². The topological polar surface area (TPSA) is 133 Å². The molecule has 0 aliphatic carbocycles. The SMILES string of the molecule is CCn1c(CO)nn(-c2nc(OC(C)C(F)(F)F)c(C(=O)Nc3cc(OC)ncc3C)cc2F)c1=O. The largest absolute Gasteiger partial charge is 0.481 e. The van der Waals surface area contributed by atoms with Crippen LogP contribution >= 0.6 is 0 Å². The fourth-order valence-corrected chi connectivity index (χ4v) is 3.05. The summed E-state index contributed by atoms with van der Waals surface area (Å²) in [7, 11) is 1.34. The zero-order valence-electron chi connectivity index (χ0n) is 19.6. The summed E-state index contributed by atoms with van der Waals surface area (Å²) in [5, 5.41) is 15.6. The highest BCUT2D eigenvalue weighted by Gasteiger charge is 2.39. The number of nitrogens with one attached hydrogen (secondary N) is 1. The van der Waals surface area contributed by atoms with Gasteiger partial charge in [-0.05, 0) is 32.4 Å². The van der Waals surface area contributed by atoms with E-state index >= 15 is 4.39 Å². The maximum absolute atomic E-state index is 15.1. The molecule has 15 heteroatoms. The minimum atomic E-state index is -4.84. The molecule has 0 saturated carbocycles. The number of pyridine rings is 2. The second-order valence-electron chi connectivity index (χ2n) is 7.46. The number of carbonyl (C=O) groups is 1. The van der Waals surface area contributed by atoms with E-state index in [-0.39, 0.29) is 23.9 Å². The third-order valence-corrected chi connectivity index (χ3v) is 5.05. The first-order valence-corrected chi connectivity index (χ1v) is 10.5. The van der Waals surface area contributed by atoms with Gasteiger partial charge in [0.2, 0.25) is 11.8 Å². The second-order valence-corrected chi connectivity index (χ2v) is 7.46. The molecule has 0 saturated heterocycles. The number of aromatic nitrogens is 5. The fourth-order valence-electron chi connectivity index (χ4n) is 3.05. The maximum Gasteiger partial charge on any atom is 0.425 e. The molecule has 0 radical (unpaired) electrons. The Bertz CT molecular complexity index is 1340. The summed E-state index contributed by atoms with van der Waals surface area (Å²) in [6, 6.07) is 1.94. The lowest BCUT2D eigenvalue weighted by atomic mass is 10.2. The van der Waals surface area contributed by atoms with Crippen molar-refractivity contribution in [3.63, 3.8) is 0 Å². The molecule has 0 bridgehead atoms. The van der Waals surface area contributed by atoms with Gasteiger partial charge < -0.3 is 19.9 Å². The fraction of sp³-hybridized carbons (Fsp3) is 0.381. The summed E-state index contributed by atoms with van der Waals surface area (Å²) in [5.41, 5.74) is -0.905. The smallest absolute Gasteiger partial charge is 0.425 e. The number of aliphatic hydroxyl groups is 1. The van der Waals surface area contributed by atoms with Gasteiger partial charge in [-0.15, -0.1) is 5.10 Å². The van der Waals surface area contributed by atoms with Gasteiger partial charge in [-0.1, -0.05) is 0 Å². The van der Waals surface area contributed by atoms with Crippen molar-refractivity contribution in [2.75, 3.05) is 12.4 Å². The highest BCUT2D eigenvalue weighted by Crippen LogP contribution is 2.29. The molecule has 3 aromatic heterocycles. The number of halogens is 4. The van der Waals surface area contributed by atoms with E-state index in [1.807, 2.05) is 0 Å². The number of methoxy groups -OCH3 is 1. The number of rotatable bonds is 8. The molecule has 1 amide bonds. The van der Waals surface area contributed by atoms with E-state index in [1.165, 1.54) is 19.4 Å². The predicted octanol–water partition coefficient (Wildman–Crippen LogP) is 2.37. The second kappa shape index (κ2) is 10.3. The molecule has 0 aromatic carbocycles. The summed E-state index contributed by atoms with van der Waals surface area (Å²) in [4.78, 5) is 33.3. The van der Waals surface area contributed by atoms with Gasteiger partial charge in [-0.2, -0.15) is 22.8 Å². The Labute approximate surface area is 201 Å². The first-order valence-electron chi connectivity index (χ1n) is 10.5. The van der Waals surface area contributed by atoms with Crippen LogP contribution in [0.25, 0.3) is 5.82 Å². The van der Waals surface area contributed by atoms with Gasteiger partial charge in [0, 0.05) is 18.8 Å². The van der Waals surface area contributed by atoms with Crippen molar-refractivity contribution in [3.05, 3.63) is 51.6 Å². The molecule has 0 aliphatic rings. The minimum Gasteiger partial charge on any atom is -0.481 e. The number of hydrogen-bond acceptors (Lipinski definition) is 8. The molecule has 0 fully saturated rings. The van der Waals surface area contributed by atoms with Crippen LogP contribution in [0.3, 0.4) is 0 Å². The summed E-state index contributed by atoms with van der Waals surface area (Å²) in [6.07, 6.45) is -5.89. The van der Waals surface area contributed by atoms with Crippen LogP contribution in [-0.4, -0.2) is 54.7 Å². The van der Waals surface area contributed by atoms with Crippen molar-refractivity contribution in [2.45, 2.75) is 46.2 Å². The molecule has 3 rings (SSSR count). The standard InChI is InChI=1S/C21H22F4N6O5/c1-5-30-15(9-32)29-31(20(30)34)17-13(22)6-12(19(28-17)36-11(3)21(23,24)25)18(33)27-14-7-16(35-4)26-8-10(14)2/h6-8,11,32H,5,9H2,1-4H3,(H,26,27,33). The van der Waals surface area contributed by atoms with Crippen LogP contribution in [0.4, 0.5) is 23.2 Å². The molecule has 2 N–H and O–H groups in total. The quantitative estimate of drug-likeness (QED) is 0.438. The zero-order chi connectivity index (χ0) is 26.8. The summed E-state index contributed by atoms with van der Waals surface area (Å²) in [5.74, 6) is -3.98. The number of alkyl halides is 3. The Morgan fingerprint density at radius 3 is 2.56 bits per heavy atom. The van der Waals surface area contributed by atoms with Crippen molar-refractivity contribution < 1.29 is 36.9 Å². The summed E-state index contributed by atoms with van der Waals surface area (Å²) < 4.78 is 66.1. The van der Waals surface area contributed by atoms with Gasteiger partial charge >= 0.3 is 11.9 Å². The van der Waals surface area contributed by atoms with Crippen LogP contribution in [0.15, 0.2) is 23.1 Å². The van der Waals surface area contributed by atoms with E-state index in [1.54, 1.807) is 13.8 Å². The van der Waals surface area contributed by atoms with Gasteiger partial charge in [0.15, 0.2) is 23.6 Å². The molecule has 3 aromatic rings. The van der Waals surface area contributed by atoms with E-state index in [0.29, 0.717) is 23.2 Å². The summed E-state index contributed by atoms with van der Waals surface area (Å²) >= 11 is 0. The van der Waals surface area contributed by atoms with E-state index in [4.69, 9.17) is 9.47 Å². The molecule has 194 valence electrons. The normalized spacial score (nSPS) is 12.4. The number of nitrogens with zero attached hydrogens (tertiary/aromatic N) is 5. The maximum atomic E-state index is 15.1. The highest BCUT2D eigenvalue weighted by molar-refractivity contribution is 6.06. The van der Waals surface area contributed by atoms with Crippen LogP contribution in [0.5, 0.6) is 11.8 Å². The molecular weight excluding hydrogens is 492 g/mol. The molecular formula is C21H22F4N6O5. The number of aliphatic hydroxyl groups excluding tert-OH is 1. The minimum absolute atomic E-state index is 0.0695. The van der Waals surface area contributed by atoms with Gasteiger partial charge in [0.05, 0.1) is 12.8 Å². The molecule has 3 heterocycles. The van der Waals surface area contributed by atoms with Crippen LogP contribution in [0.1, 0.15) is 35.6 Å². The highest BCUT2D eigenvalue weighted by atomic mass is 19.4. The monoisotopic (exact) mass is 514 g/mol. The first kappa shape index (κ1) is 26.6. The Kier molecular flexibility index (Phi) is 7.62. The molecule has 1 unspecified atom stereocenters. The lowest BCUT2D eigenvalue weighted by molar-refractivity contribution is -0.190. The summed E-state index contributed by atoms with van der Waals surface area (Å²) in [6.45, 7) is 3.25. The van der Waals surface area contributed by atoms with Crippen molar-refractivity contribution in [1.29, 1.82) is 0 Å². The van der Waals surface area contributed by atoms with Crippen LogP contribution < -0.4 is 20.5 Å². The van der Waals surface area contributed by atoms with Gasteiger partial charge in [0.25, 0.3) is 5.91 Å². The predicted molar refractivity (Wildman–Crippen MR) is 117 cm³/mol. The molecule has 0 aliphatic heterocycles. The van der Waals surface area contributed by atoms with E-state index < -0.39 is 53.6 Å². The van der Waals surface area contributed by atoms with Crippen LogP contribution in [0.2, 0.25) is 0 Å². The Hall–Kier alpha value is -4.01. The van der Waals surface area contributed by atoms with Crippen LogP contribution in [-0.2, 0) is 13.2 Å². The lowest BCUT2D eigenvalue weighted by Gasteiger charge is -2.19. The van der Waals surface area contributed by atoms with Crippen molar-refractivity contribution in [2.24, 2.45) is 0 Å². The van der Waals surface area contributed by atoms with Crippen molar-refractivity contribution in [3.8, 4) is 17.6 Å².